The molecule has 1 nitrogen and oxygen atoms in total. The van der Waals surface area contributed by atoms with Gasteiger partial charge in [-0.3, -0.25) is 0 Å². The maximum atomic E-state index is 9.07. The normalized spacial score (nSPS) is 16.3. The van der Waals surface area contributed by atoms with E-state index < -0.39 is 0 Å². The van der Waals surface area contributed by atoms with Crippen LogP contribution < -0.4 is 0 Å². The molecule has 1 heteroatoms. The van der Waals surface area contributed by atoms with Crippen LogP contribution in [0.5, 0.6) is 0 Å². The molecule has 0 atom stereocenters. The molecule has 0 saturated heterocycles. The quantitative estimate of drug-likeness (QED) is 0.522. The smallest absolute Gasteiger partial charge is 0.0991 e. The maximum absolute atomic E-state index is 9.07. The van der Waals surface area contributed by atoms with Crippen molar-refractivity contribution in [3.05, 3.63) is 59.7 Å². The minimum Gasteiger partial charge on any atom is -0.192 e. The summed E-state index contributed by atoms with van der Waals surface area (Å²) in [5, 5.41) is 9.07. The zero-order valence-electron chi connectivity index (χ0n) is 15.4. The zero-order chi connectivity index (χ0) is 17.5. The van der Waals surface area contributed by atoms with Gasteiger partial charge in [-0.1, -0.05) is 81.8 Å². The van der Waals surface area contributed by atoms with Gasteiger partial charge in [-0.2, -0.15) is 5.26 Å². The predicted molar refractivity (Wildman–Crippen MR) is 105 cm³/mol. The van der Waals surface area contributed by atoms with Gasteiger partial charge in [-0.25, -0.2) is 0 Å². The summed E-state index contributed by atoms with van der Waals surface area (Å²) < 4.78 is 0. The molecule has 1 aliphatic rings. The van der Waals surface area contributed by atoms with Gasteiger partial charge in [0.2, 0.25) is 0 Å². The molecule has 0 aromatic heterocycles. The van der Waals surface area contributed by atoms with Gasteiger partial charge in [0.25, 0.3) is 0 Å². The summed E-state index contributed by atoms with van der Waals surface area (Å²) in [4.78, 5) is 0. The average Bonchev–Trinajstić information content (AvgIpc) is 2.69. The number of unbranched alkanes of at least 4 members (excludes halogenated alkanes) is 2. The van der Waals surface area contributed by atoms with Crippen LogP contribution in [0.15, 0.2) is 48.5 Å². The average molecular weight is 332 g/mol. The molecule has 0 bridgehead atoms. The van der Waals surface area contributed by atoms with Gasteiger partial charge in [0.1, 0.15) is 0 Å². The van der Waals surface area contributed by atoms with Gasteiger partial charge in [-0.05, 0) is 53.5 Å². The van der Waals surface area contributed by atoms with Gasteiger partial charge < -0.3 is 0 Å². The van der Waals surface area contributed by atoms with Crippen molar-refractivity contribution < 1.29 is 0 Å². The van der Waals surface area contributed by atoms with Gasteiger partial charge in [0, 0.05) is 0 Å². The molecule has 0 heterocycles. The number of nitrogens with zero attached hydrogens (tertiary/aromatic N) is 1. The fraction of sp³-hybridized carbons (Fsp3) is 0.458. The Balaban J connectivity index is 2.00. The maximum Gasteiger partial charge on any atom is 0.0991 e. The molecular formula is C24H29N. The fourth-order valence-electron chi connectivity index (χ4n) is 4.52. The predicted octanol–water partition coefficient (Wildman–Crippen LogP) is 7.01. The van der Waals surface area contributed by atoms with E-state index in [0.29, 0.717) is 5.41 Å². The minimum absolute atomic E-state index is 0.345. The Morgan fingerprint density at radius 3 is 2.32 bits per heavy atom. The van der Waals surface area contributed by atoms with E-state index in [4.69, 9.17) is 5.26 Å². The third-order valence-electron chi connectivity index (χ3n) is 5.89. The molecule has 0 radical (unpaired) electrons. The number of hydrogen-bond donors (Lipinski definition) is 0. The molecule has 3 rings (SSSR count). The molecule has 0 amide bonds. The van der Waals surface area contributed by atoms with E-state index in [1.54, 1.807) is 0 Å². The van der Waals surface area contributed by atoms with Crippen LogP contribution in [-0.4, -0.2) is 0 Å². The van der Waals surface area contributed by atoms with Crippen LogP contribution in [0.2, 0.25) is 0 Å². The molecule has 0 unspecified atom stereocenters. The molecule has 0 spiro atoms. The summed E-state index contributed by atoms with van der Waals surface area (Å²) in [7, 11) is 0. The molecule has 1 aliphatic carbocycles. The van der Waals surface area contributed by atoms with Crippen molar-refractivity contribution in [1.29, 1.82) is 5.26 Å². The Labute approximate surface area is 152 Å². The monoisotopic (exact) mass is 331 g/mol. The van der Waals surface area contributed by atoms with Crippen molar-refractivity contribution in [1.82, 2.24) is 0 Å². The van der Waals surface area contributed by atoms with Crippen LogP contribution in [0, 0.1) is 11.3 Å². The first-order valence-corrected chi connectivity index (χ1v) is 9.89. The summed E-state index contributed by atoms with van der Waals surface area (Å²) in [5.41, 5.74) is 5.23. The highest BCUT2D eigenvalue weighted by Crippen LogP contribution is 2.46. The lowest BCUT2D eigenvalue weighted by Gasteiger charge is -2.39. The molecular weight excluding hydrogens is 302 g/mol. The largest absolute Gasteiger partial charge is 0.192 e. The third kappa shape index (κ3) is 3.96. The van der Waals surface area contributed by atoms with Crippen molar-refractivity contribution >= 4 is 0 Å². The first kappa shape index (κ1) is 17.7. The first-order valence-electron chi connectivity index (χ1n) is 9.89. The highest BCUT2D eigenvalue weighted by molar-refractivity contribution is 5.69. The summed E-state index contributed by atoms with van der Waals surface area (Å²) in [6.07, 6.45) is 12.0. The number of hydrogen-bond acceptors (Lipinski definition) is 1. The van der Waals surface area contributed by atoms with Crippen molar-refractivity contribution in [2.45, 2.75) is 70.1 Å². The fourth-order valence-corrected chi connectivity index (χ4v) is 4.52. The highest BCUT2D eigenvalue weighted by atomic mass is 14.4. The van der Waals surface area contributed by atoms with E-state index in [0.717, 1.165) is 5.56 Å². The van der Waals surface area contributed by atoms with Crippen LogP contribution in [0.3, 0.4) is 0 Å². The Bertz CT molecular complexity index is 715. The number of rotatable bonds is 6. The second-order valence-electron chi connectivity index (χ2n) is 7.53. The summed E-state index contributed by atoms with van der Waals surface area (Å²) >= 11 is 0. The summed E-state index contributed by atoms with van der Waals surface area (Å²) in [6.45, 7) is 2.29. The molecule has 0 aliphatic heterocycles. The van der Waals surface area contributed by atoms with Crippen LogP contribution in [0.4, 0.5) is 0 Å². The van der Waals surface area contributed by atoms with E-state index in [9.17, 15) is 0 Å². The standard InChI is InChI=1S/C24H29N/c1-2-3-7-16-24(17-8-4-9-18-24)23-11-6-5-10-22(23)21-14-12-20(19-25)13-15-21/h5-6,10-15H,2-4,7-9,16-18H2,1H3. The number of benzene rings is 2. The highest BCUT2D eigenvalue weighted by Gasteiger charge is 2.34. The van der Waals surface area contributed by atoms with E-state index in [1.165, 1.54) is 74.5 Å². The lowest BCUT2D eigenvalue weighted by molar-refractivity contribution is 0.266. The Kier molecular flexibility index (Phi) is 5.92. The van der Waals surface area contributed by atoms with Crippen LogP contribution in [0.1, 0.15) is 75.8 Å². The third-order valence-corrected chi connectivity index (χ3v) is 5.89. The van der Waals surface area contributed by atoms with Crippen molar-refractivity contribution in [3.8, 4) is 17.2 Å². The lowest BCUT2D eigenvalue weighted by atomic mass is 9.65. The van der Waals surface area contributed by atoms with E-state index in [-0.39, 0.29) is 0 Å². The second-order valence-corrected chi connectivity index (χ2v) is 7.53. The van der Waals surface area contributed by atoms with Gasteiger partial charge >= 0.3 is 0 Å². The minimum atomic E-state index is 0.345. The van der Waals surface area contributed by atoms with E-state index in [2.05, 4.69) is 49.4 Å². The van der Waals surface area contributed by atoms with Crippen LogP contribution in [0.25, 0.3) is 11.1 Å². The Hall–Kier alpha value is -2.07. The first-order chi connectivity index (χ1) is 12.3. The van der Waals surface area contributed by atoms with Gasteiger partial charge in [0.05, 0.1) is 11.6 Å². The van der Waals surface area contributed by atoms with Crippen LogP contribution in [-0.2, 0) is 5.41 Å². The molecule has 2 aromatic rings. The zero-order valence-corrected chi connectivity index (χ0v) is 15.4. The van der Waals surface area contributed by atoms with Crippen molar-refractivity contribution in [2.75, 3.05) is 0 Å². The molecule has 25 heavy (non-hydrogen) atoms. The molecule has 0 N–H and O–H groups in total. The SMILES string of the molecule is CCCCCC1(c2ccccc2-c2ccc(C#N)cc2)CCCCC1. The van der Waals surface area contributed by atoms with Crippen molar-refractivity contribution in [3.63, 3.8) is 0 Å². The Morgan fingerprint density at radius 1 is 0.920 bits per heavy atom. The van der Waals surface area contributed by atoms with Gasteiger partial charge in [-0.15, -0.1) is 0 Å². The molecule has 1 saturated carbocycles. The lowest BCUT2D eigenvalue weighted by Crippen LogP contribution is -2.29. The molecule has 130 valence electrons. The van der Waals surface area contributed by atoms with Crippen LogP contribution >= 0.6 is 0 Å². The van der Waals surface area contributed by atoms with Crippen molar-refractivity contribution in [2.24, 2.45) is 0 Å². The van der Waals surface area contributed by atoms with E-state index in [1.807, 2.05) is 12.1 Å². The number of nitriles is 1. The second kappa shape index (κ2) is 8.34. The summed E-state index contributed by atoms with van der Waals surface area (Å²) in [6, 6.07) is 19.3. The van der Waals surface area contributed by atoms with E-state index >= 15 is 0 Å². The summed E-state index contributed by atoms with van der Waals surface area (Å²) in [5.74, 6) is 0. The van der Waals surface area contributed by atoms with Gasteiger partial charge in [0.15, 0.2) is 0 Å². The topological polar surface area (TPSA) is 23.8 Å². The Morgan fingerprint density at radius 2 is 1.64 bits per heavy atom. The molecule has 1 fully saturated rings. The molecule has 2 aromatic carbocycles.